The maximum Gasteiger partial charge on any atom is 0.341 e. The number of hydrogen-bond acceptors (Lipinski definition) is 6. The first-order chi connectivity index (χ1) is 13.4. The van der Waals surface area contributed by atoms with Crippen LogP contribution in [0.4, 0.5) is 0 Å². The number of carboxylic acid groups (broad SMARTS) is 1. The van der Waals surface area contributed by atoms with Gasteiger partial charge in [0.05, 0.1) is 31.7 Å². The summed E-state index contributed by atoms with van der Waals surface area (Å²) in [5.74, 6) is -1.54. The molecule has 0 aliphatic carbocycles. The third-order valence-electron chi connectivity index (χ3n) is 3.46. The Kier molecular flexibility index (Phi) is 19.0. The van der Waals surface area contributed by atoms with Crippen LogP contribution in [0.5, 0.6) is 0 Å². The fourth-order valence-electron chi connectivity index (χ4n) is 1.86. The van der Waals surface area contributed by atoms with Crippen molar-refractivity contribution in [2.45, 2.75) is 53.4 Å². The van der Waals surface area contributed by atoms with Crippen molar-refractivity contribution in [1.82, 2.24) is 0 Å². The first-order valence-electron chi connectivity index (χ1n) is 9.55. The summed E-state index contributed by atoms with van der Waals surface area (Å²) in [6.07, 6.45) is 9.01. The van der Waals surface area contributed by atoms with E-state index in [0.717, 1.165) is 25.0 Å². The lowest BCUT2D eigenvalue weighted by molar-refractivity contribution is -0.139. The van der Waals surface area contributed by atoms with Gasteiger partial charge in [0.15, 0.2) is 0 Å². The summed E-state index contributed by atoms with van der Waals surface area (Å²) in [7, 11) is 0. The molecule has 0 aromatic carbocycles. The van der Waals surface area contributed by atoms with Gasteiger partial charge in [-0.15, -0.1) is 0 Å². The van der Waals surface area contributed by atoms with Crippen molar-refractivity contribution in [3.05, 3.63) is 36.6 Å². The molecular formula is C21H34O7. The van der Waals surface area contributed by atoms with Gasteiger partial charge in [0.25, 0.3) is 0 Å². The standard InChI is InChI=1S/C11H20O2.C10H14O5/c1-4-7-8-10(5-2)9-13-11(12)6-3;1-3-14-7-8(5-6-9(11)12)10(13)15-4-2/h6,10H,3-5,7-9H2,1-2H3;5-7H,3-4H2,1-2H3,(H,11,12). The van der Waals surface area contributed by atoms with E-state index in [2.05, 4.69) is 20.4 Å². The molecule has 0 aromatic heterocycles. The second-order valence-electron chi connectivity index (χ2n) is 5.67. The number of hydrogen-bond donors (Lipinski definition) is 1. The molecule has 1 atom stereocenters. The lowest BCUT2D eigenvalue weighted by Crippen LogP contribution is -2.12. The van der Waals surface area contributed by atoms with Crippen molar-refractivity contribution in [1.29, 1.82) is 0 Å². The summed E-state index contributed by atoms with van der Waals surface area (Å²) in [4.78, 5) is 32.3. The van der Waals surface area contributed by atoms with E-state index in [1.807, 2.05) is 0 Å². The van der Waals surface area contributed by atoms with Gasteiger partial charge in [0.2, 0.25) is 0 Å². The molecule has 1 unspecified atom stereocenters. The number of carbonyl (C=O) groups is 3. The molecule has 0 aliphatic rings. The van der Waals surface area contributed by atoms with Gasteiger partial charge in [-0.3, -0.25) is 0 Å². The highest BCUT2D eigenvalue weighted by Gasteiger charge is 2.08. The molecule has 160 valence electrons. The third kappa shape index (κ3) is 16.9. The number of esters is 2. The molecule has 0 fully saturated rings. The van der Waals surface area contributed by atoms with Gasteiger partial charge in [0, 0.05) is 12.2 Å². The molecule has 0 saturated carbocycles. The van der Waals surface area contributed by atoms with Gasteiger partial charge in [0.1, 0.15) is 0 Å². The Morgan fingerprint density at radius 3 is 2.18 bits per heavy atom. The van der Waals surface area contributed by atoms with E-state index in [-0.39, 0.29) is 18.1 Å². The van der Waals surface area contributed by atoms with E-state index in [4.69, 9.17) is 19.3 Å². The van der Waals surface area contributed by atoms with Gasteiger partial charge in [-0.25, -0.2) is 14.4 Å². The maximum atomic E-state index is 11.2. The highest BCUT2D eigenvalue weighted by molar-refractivity contribution is 5.93. The van der Waals surface area contributed by atoms with Gasteiger partial charge >= 0.3 is 17.9 Å². The summed E-state index contributed by atoms with van der Waals surface area (Å²) < 4.78 is 14.6. The van der Waals surface area contributed by atoms with Gasteiger partial charge < -0.3 is 19.3 Å². The summed E-state index contributed by atoms with van der Waals surface area (Å²) in [6.45, 7) is 12.2. The number of carboxylic acids is 1. The lowest BCUT2D eigenvalue weighted by atomic mass is 10.0. The first-order valence-corrected chi connectivity index (χ1v) is 9.55. The van der Waals surface area contributed by atoms with Crippen LogP contribution in [-0.2, 0) is 28.6 Å². The molecule has 28 heavy (non-hydrogen) atoms. The smallest absolute Gasteiger partial charge is 0.341 e. The fourth-order valence-corrected chi connectivity index (χ4v) is 1.86. The second kappa shape index (κ2) is 19.2. The third-order valence-corrected chi connectivity index (χ3v) is 3.46. The molecule has 0 rings (SSSR count). The van der Waals surface area contributed by atoms with E-state index in [1.54, 1.807) is 13.8 Å². The van der Waals surface area contributed by atoms with Crippen LogP contribution < -0.4 is 0 Å². The molecule has 1 N–H and O–H groups in total. The van der Waals surface area contributed by atoms with Crippen LogP contribution in [0.3, 0.4) is 0 Å². The molecule has 0 radical (unpaired) electrons. The molecule has 0 amide bonds. The number of rotatable bonds is 13. The number of unbranched alkanes of at least 4 members (excludes halogenated alkanes) is 1. The van der Waals surface area contributed by atoms with E-state index >= 15 is 0 Å². The minimum absolute atomic E-state index is 0.0705. The van der Waals surface area contributed by atoms with Crippen LogP contribution >= 0.6 is 0 Å². The molecule has 0 spiro atoms. The number of aliphatic carboxylic acids is 1. The molecule has 0 bridgehead atoms. The minimum Gasteiger partial charge on any atom is -0.501 e. The molecular weight excluding hydrogens is 364 g/mol. The van der Waals surface area contributed by atoms with Crippen molar-refractivity contribution in [2.24, 2.45) is 5.92 Å². The van der Waals surface area contributed by atoms with Crippen molar-refractivity contribution < 1.29 is 33.7 Å². The van der Waals surface area contributed by atoms with Gasteiger partial charge in [-0.1, -0.05) is 39.7 Å². The highest BCUT2D eigenvalue weighted by Crippen LogP contribution is 2.12. The van der Waals surface area contributed by atoms with Crippen molar-refractivity contribution in [2.75, 3.05) is 19.8 Å². The van der Waals surface area contributed by atoms with Gasteiger partial charge in [-0.2, -0.15) is 0 Å². The van der Waals surface area contributed by atoms with Crippen molar-refractivity contribution in [3.63, 3.8) is 0 Å². The number of carbonyl (C=O) groups excluding carboxylic acids is 2. The zero-order valence-electron chi connectivity index (χ0n) is 17.4. The highest BCUT2D eigenvalue weighted by atomic mass is 16.5. The van der Waals surface area contributed by atoms with E-state index < -0.39 is 11.9 Å². The normalized spacial score (nSPS) is 11.8. The van der Waals surface area contributed by atoms with Crippen LogP contribution in [0.2, 0.25) is 0 Å². The Balaban J connectivity index is 0. The largest absolute Gasteiger partial charge is 0.501 e. The van der Waals surface area contributed by atoms with Crippen LogP contribution in [0.25, 0.3) is 0 Å². The zero-order chi connectivity index (χ0) is 21.8. The Morgan fingerprint density at radius 2 is 1.71 bits per heavy atom. The molecule has 0 saturated heterocycles. The molecule has 7 nitrogen and oxygen atoms in total. The first kappa shape index (κ1) is 27.6. The van der Waals surface area contributed by atoms with Crippen LogP contribution in [0.15, 0.2) is 36.6 Å². The Hall–Kier alpha value is -2.57. The SMILES string of the molecule is C=CC(=O)OCC(CC)CCCC.CCOC=C(C=CC(=O)O)C(=O)OCC. The quantitative estimate of drug-likeness (QED) is 0.216. The van der Waals surface area contributed by atoms with Gasteiger partial charge in [-0.05, 0) is 32.3 Å². The average molecular weight is 398 g/mol. The van der Waals surface area contributed by atoms with Crippen LogP contribution in [0.1, 0.15) is 53.4 Å². The maximum absolute atomic E-state index is 11.2. The van der Waals surface area contributed by atoms with E-state index in [0.29, 0.717) is 19.1 Å². The fraction of sp³-hybridized carbons (Fsp3) is 0.571. The monoisotopic (exact) mass is 398 g/mol. The number of ether oxygens (including phenoxy) is 3. The molecule has 0 heterocycles. The predicted octanol–water partition coefficient (Wildman–Crippen LogP) is 4.04. The summed E-state index contributed by atoms with van der Waals surface area (Å²) in [5.41, 5.74) is 0.0705. The van der Waals surface area contributed by atoms with Crippen molar-refractivity contribution in [3.8, 4) is 0 Å². The topological polar surface area (TPSA) is 99.1 Å². The predicted molar refractivity (Wildman–Crippen MR) is 108 cm³/mol. The van der Waals surface area contributed by atoms with Crippen LogP contribution in [-0.4, -0.2) is 42.8 Å². The van der Waals surface area contributed by atoms with E-state index in [1.165, 1.54) is 25.2 Å². The average Bonchev–Trinajstić information content (AvgIpc) is 2.68. The molecule has 0 aliphatic heterocycles. The summed E-state index contributed by atoms with van der Waals surface area (Å²) >= 11 is 0. The Morgan fingerprint density at radius 1 is 1.04 bits per heavy atom. The lowest BCUT2D eigenvalue weighted by Gasteiger charge is -2.13. The second-order valence-corrected chi connectivity index (χ2v) is 5.67. The summed E-state index contributed by atoms with van der Waals surface area (Å²) in [5, 5.41) is 8.39. The molecule has 0 aromatic rings. The Bertz CT molecular complexity index is 521. The Labute approximate surface area is 168 Å². The van der Waals surface area contributed by atoms with E-state index in [9.17, 15) is 14.4 Å². The zero-order valence-corrected chi connectivity index (χ0v) is 17.4. The molecule has 7 heteroatoms. The minimum atomic E-state index is -1.14. The van der Waals surface area contributed by atoms with Crippen molar-refractivity contribution >= 4 is 17.9 Å². The van der Waals surface area contributed by atoms with Crippen LogP contribution in [0, 0.1) is 5.92 Å². The summed E-state index contributed by atoms with van der Waals surface area (Å²) in [6, 6.07) is 0.